The van der Waals surface area contributed by atoms with Crippen molar-refractivity contribution in [3.8, 4) is 0 Å². The van der Waals surface area contributed by atoms with Gasteiger partial charge in [-0.15, -0.1) is 0 Å². The zero-order chi connectivity index (χ0) is 20.7. The van der Waals surface area contributed by atoms with Crippen LogP contribution in [0.2, 0.25) is 0 Å². The summed E-state index contributed by atoms with van der Waals surface area (Å²) in [6.07, 6.45) is 2.43. The third kappa shape index (κ3) is 6.79. The molecule has 0 saturated carbocycles. The van der Waals surface area contributed by atoms with E-state index in [9.17, 15) is 23.1 Å². The smallest absolute Gasteiger partial charge is 0.321 e. The Bertz CT molecular complexity index is 759. The Morgan fingerprint density at radius 2 is 1.82 bits per heavy atom. The molecule has 0 spiro atoms. The first-order valence-corrected chi connectivity index (χ1v) is 11.1. The van der Waals surface area contributed by atoms with Crippen molar-refractivity contribution < 1.29 is 23.1 Å². The number of carboxylic acid groups (broad SMARTS) is 1. The van der Waals surface area contributed by atoms with Gasteiger partial charge >= 0.3 is 12.0 Å². The molecule has 9 heteroatoms. The van der Waals surface area contributed by atoms with Gasteiger partial charge in [0.15, 0.2) is 0 Å². The van der Waals surface area contributed by atoms with Crippen molar-refractivity contribution in [3.63, 3.8) is 0 Å². The van der Waals surface area contributed by atoms with E-state index < -0.39 is 22.0 Å². The highest BCUT2D eigenvalue weighted by molar-refractivity contribution is 7.88. The number of amides is 2. The number of urea groups is 1. The molecule has 0 radical (unpaired) electrons. The number of carbonyl (C=O) groups excluding carboxylic acids is 1. The summed E-state index contributed by atoms with van der Waals surface area (Å²) in [5.41, 5.74) is 0.608. The number of carbonyl (C=O) groups is 2. The molecule has 1 heterocycles. The Morgan fingerprint density at radius 1 is 1.21 bits per heavy atom. The lowest BCUT2D eigenvalue weighted by atomic mass is 9.91. The molecule has 1 aliphatic heterocycles. The average Bonchev–Trinajstić information content (AvgIpc) is 2.65. The molecule has 8 nitrogen and oxygen atoms in total. The molecule has 1 aromatic carbocycles. The number of aliphatic carboxylic acids is 1. The SMILES string of the molecule is CN(C)C(=O)N1CCC(CCC(NS(=O)(=O)Cc2ccccc2)C(=O)O)CC1. The largest absolute Gasteiger partial charge is 0.480 e. The summed E-state index contributed by atoms with van der Waals surface area (Å²) >= 11 is 0. The number of sulfonamides is 1. The molecule has 0 aromatic heterocycles. The maximum absolute atomic E-state index is 12.3. The first kappa shape index (κ1) is 22.2. The topological polar surface area (TPSA) is 107 Å². The van der Waals surface area contributed by atoms with Crippen molar-refractivity contribution in [1.29, 1.82) is 0 Å². The van der Waals surface area contributed by atoms with Crippen molar-refractivity contribution in [3.05, 3.63) is 35.9 Å². The number of carboxylic acids is 1. The van der Waals surface area contributed by atoms with E-state index in [2.05, 4.69) is 4.72 Å². The minimum atomic E-state index is -3.75. The number of benzene rings is 1. The molecule has 28 heavy (non-hydrogen) atoms. The van der Waals surface area contributed by atoms with Crippen LogP contribution in [-0.2, 0) is 20.6 Å². The van der Waals surface area contributed by atoms with Gasteiger partial charge in [-0.25, -0.2) is 17.9 Å². The molecule has 1 aliphatic rings. The van der Waals surface area contributed by atoms with Gasteiger partial charge in [-0.1, -0.05) is 30.3 Å². The Kier molecular flexibility index (Phi) is 7.82. The molecule has 2 amide bonds. The number of likely N-dealkylation sites (tertiary alicyclic amines) is 1. The fraction of sp³-hybridized carbons (Fsp3) is 0.579. The summed E-state index contributed by atoms with van der Waals surface area (Å²) in [6.45, 7) is 1.28. The Hall–Kier alpha value is -2.13. The van der Waals surface area contributed by atoms with Gasteiger partial charge in [0.05, 0.1) is 5.75 Å². The number of hydrogen-bond acceptors (Lipinski definition) is 4. The van der Waals surface area contributed by atoms with E-state index in [0.717, 1.165) is 12.8 Å². The van der Waals surface area contributed by atoms with E-state index >= 15 is 0 Å². The quantitative estimate of drug-likeness (QED) is 0.677. The maximum atomic E-state index is 12.3. The van der Waals surface area contributed by atoms with Crippen LogP contribution >= 0.6 is 0 Å². The third-order valence-corrected chi connectivity index (χ3v) is 6.31. The minimum Gasteiger partial charge on any atom is -0.480 e. The van der Waals surface area contributed by atoms with E-state index in [4.69, 9.17) is 0 Å². The van der Waals surface area contributed by atoms with Crippen LogP contribution in [0.15, 0.2) is 30.3 Å². The van der Waals surface area contributed by atoms with Crippen LogP contribution in [0.25, 0.3) is 0 Å². The van der Waals surface area contributed by atoms with Crippen molar-refractivity contribution >= 4 is 22.0 Å². The van der Waals surface area contributed by atoms with E-state index in [1.807, 2.05) is 0 Å². The highest BCUT2D eigenvalue weighted by Gasteiger charge is 2.28. The summed E-state index contributed by atoms with van der Waals surface area (Å²) < 4.78 is 27.0. The summed E-state index contributed by atoms with van der Waals surface area (Å²) in [7, 11) is -0.319. The van der Waals surface area contributed by atoms with Crippen LogP contribution < -0.4 is 4.72 Å². The van der Waals surface area contributed by atoms with Crippen molar-refractivity contribution in [1.82, 2.24) is 14.5 Å². The van der Waals surface area contributed by atoms with Gasteiger partial charge in [-0.3, -0.25) is 4.79 Å². The van der Waals surface area contributed by atoms with E-state index in [1.165, 1.54) is 0 Å². The van der Waals surface area contributed by atoms with Crippen LogP contribution in [0.3, 0.4) is 0 Å². The van der Waals surface area contributed by atoms with Gasteiger partial charge in [0.25, 0.3) is 0 Å². The first-order chi connectivity index (χ1) is 13.2. The predicted molar refractivity (Wildman–Crippen MR) is 106 cm³/mol. The number of hydrogen-bond donors (Lipinski definition) is 2. The van der Waals surface area contributed by atoms with E-state index in [1.54, 1.807) is 54.2 Å². The van der Waals surface area contributed by atoms with Gasteiger partial charge < -0.3 is 14.9 Å². The highest BCUT2D eigenvalue weighted by atomic mass is 32.2. The van der Waals surface area contributed by atoms with E-state index in [0.29, 0.717) is 25.1 Å². The molecule has 1 fully saturated rings. The molecule has 1 atom stereocenters. The zero-order valence-corrected chi connectivity index (χ0v) is 17.2. The lowest BCUT2D eigenvalue weighted by Crippen LogP contribution is -2.44. The molecule has 1 unspecified atom stereocenters. The van der Waals surface area contributed by atoms with Crippen LogP contribution in [-0.4, -0.2) is 68.6 Å². The highest BCUT2D eigenvalue weighted by Crippen LogP contribution is 2.23. The standard InChI is InChI=1S/C19H29N3O5S/c1-21(2)19(25)22-12-10-15(11-13-22)8-9-17(18(23)24)20-28(26,27)14-16-6-4-3-5-7-16/h3-7,15,17,20H,8-14H2,1-2H3,(H,23,24). The summed E-state index contributed by atoms with van der Waals surface area (Å²) in [5.74, 6) is -1.13. The number of nitrogens with zero attached hydrogens (tertiary/aromatic N) is 2. The minimum absolute atomic E-state index is 0.0180. The predicted octanol–water partition coefficient (Wildman–Crippen LogP) is 1.73. The van der Waals surface area contributed by atoms with Crippen molar-refractivity contribution in [2.24, 2.45) is 5.92 Å². The van der Waals surface area contributed by atoms with Gasteiger partial charge in [-0.05, 0) is 37.2 Å². The second kappa shape index (κ2) is 9.88. The number of nitrogens with one attached hydrogen (secondary N) is 1. The summed E-state index contributed by atoms with van der Waals surface area (Å²) in [4.78, 5) is 26.8. The second-order valence-electron chi connectivity index (χ2n) is 7.44. The zero-order valence-electron chi connectivity index (χ0n) is 16.4. The summed E-state index contributed by atoms with van der Waals surface area (Å²) in [6, 6.07) is 7.50. The fourth-order valence-electron chi connectivity index (χ4n) is 3.38. The van der Waals surface area contributed by atoms with Gasteiger partial charge in [0.1, 0.15) is 6.04 Å². The van der Waals surface area contributed by atoms with E-state index in [-0.39, 0.29) is 24.1 Å². The first-order valence-electron chi connectivity index (χ1n) is 9.41. The molecular formula is C19H29N3O5S. The summed E-state index contributed by atoms with van der Waals surface area (Å²) in [5, 5.41) is 9.42. The Balaban J connectivity index is 1.85. The average molecular weight is 412 g/mol. The second-order valence-corrected chi connectivity index (χ2v) is 9.19. The number of piperidine rings is 1. The maximum Gasteiger partial charge on any atom is 0.321 e. The lowest BCUT2D eigenvalue weighted by Gasteiger charge is -2.34. The third-order valence-electron chi connectivity index (χ3n) is 4.95. The van der Waals surface area contributed by atoms with Crippen LogP contribution in [0.4, 0.5) is 4.79 Å². The normalized spacial score (nSPS) is 16.6. The van der Waals surface area contributed by atoms with Crippen molar-refractivity contribution in [2.45, 2.75) is 37.5 Å². The van der Waals surface area contributed by atoms with Crippen LogP contribution in [0.1, 0.15) is 31.2 Å². The lowest BCUT2D eigenvalue weighted by molar-refractivity contribution is -0.139. The van der Waals surface area contributed by atoms with Crippen molar-refractivity contribution in [2.75, 3.05) is 27.2 Å². The molecular weight excluding hydrogens is 382 g/mol. The molecule has 156 valence electrons. The van der Waals surface area contributed by atoms with Gasteiger partial charge in [0.2, 0.25) is 10.0 Å². The Labute approximate surface area is 166 Å². The Morgan fingerprint density at radius 3 is 2.36 bits per heavy atom. The monoisotopic (exact) mass is 411 g/mol. The van der Waals surface area contributed by atoms with Crippen LogP contribution in [0, 0.1) is 5.92 Å². The molecule has 0 aliphatic carbocycles. The fourth-order valence-corrected chi connectivity index (χ4v) is 4.75. The molecule has 2 rings (SSSR count). The molecule has 1 saturated heterocycles. The molecule has 1 aromatic rings. The van der Waals surface area contributed by atoms with Gasteiger partial charge in [0, 0.05) is 27.2 Å². The molecule has 0 bridgehead atoms. The van der Waals surface area contributed by atoms with Crippen LogP contribution in [0.5, 0.6) is 0 Å². The molecule has 2 N–H and O–H groups in total. The number of rotatable bonds is 8. The van der Waals surface area contributed by atoms with Gasteiger partial charge in [-0.2, -0.15) is 0 Å².